The molecule has 110 valence electrons. The van der Waals surface area contributed by atoms with Crippen LogP contribution in [0.5, 0.6) is 0 Å². The third-order valence-electron chi connectivity index (χ3n) is 4.77. The molecule has 1 aromatic heterocycles. The largest absolute Gasteiger partial charge is 0.339 e. The van der Waals surface area contributed by atoms with Gasteiger partial charge in [0.2, 0.25) is 0 Å². The lowest BCUT2D eigenvalue weighted by Crippen LogP contribution is -2.42. The Labute approximate surface area is 120 Å². The molecular formula is C15H24N4O. The molecule has 5 nitrogen and oxygen atoms in total. The van der Waals surface area contributed by atoms with E-state index in [9.17, 15) is 4.79 Å². The number of nitrogens with one attached hydrogen (secondary N) is 1. The van der Waals surface area contributed by atoms with E-state index in [1.165, 1.54) is 12.8 Å². The molecule has 0 unspecified atom stereocenters. The summed E-state index contributed by atoms with van der Waals surface area (Å²) < 4.78 is 0. The number of pyridine rings is 1. The highest BCUT2D eigenvalue weighted by atomic mass is 16.2. The van der Waals surface area contributed by atoms with Gasteiger partial charge in [0.05, 0.1) is 5.56 Å². The summed E-state index contributed by atoms with van der Waals surface area (Å²) in [6, 6.07) is 3.49. The van der Waals surface area contributed by atoms with Crippen LogP contribution in [-0.2, 0) is 0 Å². The van der Waals surface area contributed by atoms with Crippen molar-refractivity contribution in [1.82, 2.24) is 9.88 Å². The van der Waals surface area contributed by atoms with Crippen molar-refractivity contribution < 1.29 is 4.79 Å². The van der Waals surface area contributed by atoms with Gasteiger partial charge in [0, 0.05) is 19.3 Å². The number of nitrogens with two attached hydrogens (primary N) is 1. The van der Waals surface area contributed by atoms with Crippen molar-refractivity contribution >= 4 is 11.7 Å². The van der Waals surface area contributed by atoms with E-state index in [4.69, 9.17) is 5.84 Å². The third-order valence-corrected chi connectivity index (χ3v) is 4.77. The predicted octanol–water partition coefficient (Wildman–Crippen LogP) is 2.41. The van der Waals surface area contributed by atoms with Crippen molar-refractivity contribution in [1.29, 1.82) is 0 Å². The van der Waals surface area contributed by atoms with Crippen molar-refractivity contribution in [2.24, 2.45) is 11.3 Å². The number of rotatable bonds is 4. The molecule has 0 atom stereocenters. The molecule has 5 heteroatoms. The molecule has 2 heterocycles. The van der Waals surface area contributed by atoms with E-state index in [0.717, 1.165) is 25.9 Å². The molecular weight excluding hydrogens is 252 g/mol. The van der Waals surface area contributed by atoms with Gasteiger partial charge in [-0.05, 0) is 30.4 Å². The number of piperidine rings is 1. The van der Waals surface area contributed by atoms with Crippen LogP contribution in [0.15, 0.2) is 18.3 Å². The molecule has 0 aromatic carbocycles. The van der Waals surface area contributed by atoms with Crippen LogP contribution in [-0.4, -0.2) is 28.9 Å². The van der Waals surface area contributed by atoms with E-state index in [-0.39, 0.29) is 5.91 Å². The number of aromatic nitrogens is 1. The SMILES string of the molecule is CCC1(CC)CCN(C(=O)c2ccc(NN)nc2)CC1. The number of hydrogen-bond donors (Lipinski definition) is 2. The number of nitrogen functional groups attached to an aromatic ring is 1. The lowest BCUT2D eigenvalue weighted by Gasteiger charge is -2.41. The molecule has 1 saturated heterocycles. The zero-order chi connectivity index (χ0) is 14.6. The fraction of sp³-hybridized carbons (Fsp3) is 0.600. The number of hydrogen-bond acceptors (Lipinski definition) is 4. The minimum atomic E-state index is 0.0712. The van der Waals surface area contributed by atoms with E-state index >= 15 is 0 Å². The summed E-state index contributed by atoms with van der Waals surface area (Å²) in [5.74, 6) is 5.91. The van der Waals surface area contributed by atoms with Gasteiger partial charge in [0.25, 0.3) is 5.91 Å². The second kappa shape index (κ2) is 6.22. The molecule has 1 aliphatic heterocycles. The predicted molar refractivity (Wildman–Crippen MR) is 80.2 cm³/mol. The van der Waals surface area contributed by atoms with Gasteiger partial charge >= 0.3 is 0 Å². The number of hydrazine groups is 1. The van der Waals surface area contributed by atoms with Crippen LogP contribution in [0.1, 0.15) is 49.9 Å². The van der Waals surface area contributed by atoms with Gasteiger partial charge in [-0.25, -0.2) is 10.8 Å². The molecule has 0 aliphatic carbocycles. The summed E-state index contributed by atoms with van der Waals surface area (Å²) >= 11 is 0. The van der Waals surface area contributed by atoms with Crippen LogP contribution in [0, 0.1) is 5.41 Å². The van der Waals surface area contributed by atoms with E-state index < -0.39 is 0 Å². The molecule has 2 rings (SSSR count). The third kappa shape index (κ3) is 2.93. The Morgan fingerprint density at radius 3 is 2.45 bits per heavy atom. The molecule has 0 radical (unpaired) electrons. The highest BCUT2D eigenvalue weighted by molar-refractivity contribution is 5.94. The smallest absolute Gasteiger partial charge is 0.255 e. The second-order valence-electron chi connectivity index (χ2n) is 5.58. The molecule has 1 aliphatic rings. The normalized spacial score (nSPS) is 17.9. The zero-order valence-corrected chi connectivity index (χ0v) is 12.4. The molecule has 1 aromatic rings. The topological polar surface area (TPSA) is 71.2 Å². The molecule has 0 saturated carbocycles. The Morgan fingerprint density at radius 2 is 2.00 bits per heavy atom. The number of likely N-dealkylation sites (tertiary alicyclic amines) is 1. The minimum absolute atomic E-state index is 0.0712. The first kappa shape index (κ1) is 14.8. The van der Waals surface area contributed by atoms with Crippen LogP contribution in [0.25, 0.3) is 0 Å². The summed E-state index contributed by atoms with van der Waals surface area (Å²) in [5, 5.41) is 0. The van der Waals surface area contributed by atoms with Crippen molar-refractivity contribution in [3.63, 3.8) is 0 Å². The Balaban J connectivity index is 2.00. The maximum atomic E-state index is 12.4. The van der Waals surface area contributed by atoms with Gasteiger partial charge in [0.15, 0.2) is 0 Å². The molecule has 0 bridgehead atoms. The first-order valence-corrected chi connectivity index (χ1v) is 7.36. The zero-order valence-electron chi connectivity index (χ0n) is 12.4. The minimum Gasteiger partial charge on any atom is -0.339 e. The number of amides is 1. The van der Waals surface area contributed by atoms with Crippen molar-refractivity contribution in [3.8, 4) is 0 Å². The fourth-order valence-electron chi connectivity index (χ4n) is 2.93. The lowest BCUT2D eigenvalue weighted by atomic mass is 9.74. The van der Waals surface area contributed by atoms with E-state index in [1.807, 2.05) is 4.90 Å². The number of anilines is 1. The molecule has 0 spiro atoms. The van der Waals surface area contributed by atoms with Crippen LogP contribution >= 0.6 is 0 Å². The van der Waals surface area contributed by atoms with Gasteiger partial charge in [0.1, 0.15) is 5.82 Å². The quantitative estimate of drug-likeness (QED) is 0.654. The fourth-order valence-corrected chi connectivity index (χ4v) is 2.93. The summed E-state index contributed by atoms with van der Waals surface area (Å²) in [5.41, 5.74) is 3.52. The van der Waals surface area contributed by atoms with Crippen LogP contribution in [0.4, 0.5) is 5.82 Å². The van der Waals surface area contributed by atoms with Gasteiger partial charge in [-0.3, -0.25) is 4.79 Å². The average Bonchev–Trinajstić information content (AvgIpc) is 2.54. The van der Waals surface area contributed by atoms with E-state index in [1.54, 1.807) is 18.3 Å². The Morgan fingerprint density at radius 1 is 1.35 bits per heavy atom. The van der Waals surface area contributed by atoms with Crippen LogP contribution in [0.3, 0.4) is 0 Å². The maximum absolute atomic E-state index is 12.4. The maximum Gasteiger partial charge on any atom is 0.255 e. The standard InChI is InChI=1S/C15H24N4O/c1-3-15(4-2)7-9-19(10-8-15)14(20)12-5-6-13(18-16)17-11-12/h5-6,11H,3-4,7-10,16H2,1-2H3,(H,17,18). The summed E-state index contributed by atoms with van der Waals surface area (Å²) in [6.45, 7) is 6.20. The van der Waals surface area contributed by atoms with Crippen molar-refractivity contribution in [2.45, 2.75) is 39.5 Å². The Hall–Kier alpha value is -1.62. The first-order valence-electron chi connectivity index (χ1n) is 7.36. The van der Waals surface area contributed by atoms with Gasteiger partial charge < -0.3 is 10.3 Å². The first-order chi connectivity index (χ1) is 9.64. The number of carbonyl (C=O) groups is 1. The van der Waals surface area contributed by atoms with Gasteiger partial charge in [-0.1, -0.05) is 26.7 Å². The highest BCUT2D eigenvalue weighted by Gasteiger charge is 2.33. The summed E-state index contributed by atoms with van der Waals surface area (Å²) in [6.07, 6.45) is 6.18. The second-order valence-corrected chi connectivity index (χ2v) is 5.58. The van der Waals surface area contributed by atoms with Crippen molar-refractivity contribution in [3.05, 3.63) is 23.9 Å². The molecule has 3 N–H and O–H groups in total. The number of carbonyl (C=O) groups excluding carboxylic acids is 1. The van der Waals surface area contributed by atoms with E-state index in [0.29, 0.717) is 16.8 Å². The van der Waals surface area contributed by atoms with Gasteiger partial charge in [-0.2, -0.15) is 0 Å². The number of nitrogens with zero attached hydrogens (tertiary/aromatic N) is 2. The van der Waals surface area contributed by atoms with Crippen molar-refractivity contribution in [2.75, 3.05) is 18.5 Å². The molecule has 1 amide bonds. The van der Waals surface area contributed by atoms with Crippen LogP contribution in [0.2, 0.25) is 0 Å². The van der Waals surface area contributed by atoms with Gasteiger partial charge in [-0.15, -0.1) is 0 Å². The monoisotopic (exact) mass is 276 g/mol. The summed E-state index contributed by atoms with van der Waals surface area (Å²) in [7, 11) is 0. The summed E-state index contributed by atoms with van der Waals surface area (Å²) in [4.78, 5) is 18.5. The Kier molecular flexibility index (Phi) is 4.60. The Bertz CT molecular complexity index is 443. The molecule has 1 fully saturated rings. The molecule has 20 heavy (non-hydrogen) atoms. The highest BCUT2D eigenvalue weighted by Crippen LogP contribution is 2.38. The average molecular weight is 276 g/mol. The lowest BCUT2D eigenvalue weighted by molar-refractivity contribution is 0.0557. The van der Waals surface area contributed by atoms with E-state index in [2.05, 4.69) is 24.3 Å². The van der Waals surface area contributed by atoms with Crippen LogP contribution < -0.4 is 11.3 Å².